The Morgan fingerprint density at radius 2 is 1.80 bits per heavy atom. The lowest BCUT2D eigenvalue weighted by atomic mass is 9.88. The van der Waals surface area contributed by atoms with Crippen molar-refractivity contribution in [2.45, 2.75) is 19.9 Å². The predicted octanol–water partition coefficient (Wildman–Crippen LogP) is 2.28. The summed E-state index contributed by atoms with van der Waals surface area (Å²) in [5.41, 5.74) is 1.35. The second kappa shape index (κ2) is 8.15. The quantitative estimate of drug-likeness (QED) is 0.611. The summed E-state index contributed by atoms with van der Waals surface area (Å²) in [5.74, 6) is 0.497. The van der Waals surface area contributed by atoms with Crippen LogP contribution in [0, 0.1) is 5.92 Å². The van der Waals surface area contributed by atoms with E-state index in [9.17, 15) is 4.79 Å². The molecule has 0 saturated heterocycles. The van der Waals surface area contributed by atoms with E-state index in [0.717, 1.165) is 5.56 Å². The molecule has 0 bridgehead atoms. The lowest BCUT2D eigenvalue weighted by Crippen LogP contribution is -2.44. The first-order valence-electron chi connectivity index (χ1n) is 7.79. The summed E-state index contributed by atoms with van der Waals surface area (Å²) < 4.78 is 21.3. The molecular formula is C17H22N2O5S. The third-order valence-electron chi connectivity index (χ3n) is 3.93. The molecule has 1 aliphatic heterocycles. The molecule has 1 aromatic rings. The summed E-state index contributed by atoms with van der Waals surface area (Å²) in [4.78, 5) is 16.7. The van der Waals surface area contributed by atoms with Crippen molar-refractivity contribution in [3.05, 3.63) is 17.7 Å². The number of esters is 1. The second-order valence-corrected chi connectivity index (χ2v) is 5.76. The zero-order valence-corrected chi connectivity index (χ0v) is 15.7. The van der Waals surface area contributed by atoms with Crippen molar-refractivity contribution in [3.8, 4) is 17.2 Å². The van der Waals surface area contributed by atoms with E-state index in [1.54, 1.807) is 26.0 Å². The van der Waals surface area contributed by atoms with Crippen LogP contribution in [0.15, 0.2) is 17.1 Å². The van der Waals surface area contributed by atoms with Gasteiger partial charge >= 0.3 is 5.97 Å². The van der Waals surface area contributed by atoms with Crippen molar-refractivity contribution < 1.29 is 23.7 Å². The Balaban J connectivity index is 2.55. The molecule has 0 fully saturated rings. The number of ether oxygens (including phenoxy) is 4. The molecule has 8 heteroatoms. The predicted molar refractivity (Wildman–Crippen MR) is 97.8 cm³/mol. The highest BCUT2D eigenvalue weighted by molar-refractivity contribution is 7.80. The van der Waals surface area contributed by atoms with Crippen molar-refractivity contribution in [1.29, 1.82) is 0 Å². The molecule has 1 aliphatic rings. The topological polar surface area (TPSA) is 78.4 Å². The van der Waals surface area contributed by atoms with Crippen LogP contribution in [-0.2, 0) is 9.53 Å². The van der Waals surface area contributed by atoms with Gasteiger partial charge in [0.25, 0.3) is 0 Å². The molecule has 25 heavy (non-hydrogen) atoms. The summed E-state index contributed by atoms with van der Waals surface area (Å²) in [6.45, 7) is 3.81. The maximum atomic E-state index is 12.5. The molecule has 136 valence electrons. The normalized spacial score (nSPS) is 19.6. The molecular weight excluding hydrogens is 344 g/mol. The largest absolute Gasteiger partial charge is 0.493 e. The third-order valence-corrected chi connectivity index (χ3v) is 4.14. The Morgan fingerprint density at radius 1 is 1.20 bits per heavy atom. The van der Waals surface area contributed by atoms with E-state index in [2.05, 4.69) is 10.3 Å². The van der Waals surface area contributed by atoms with Crippen molar-refractivity contribution in [2.75, 3.05) is 27.9 Å². The second-order valence-electron chi connectivity index (χ2n) is 5.37. The van der Waals surface area contributed by atoms with Gasteiger partial charge in [0.2, 0.25) is 5.75 Å². The van der Waals surface area contributed by atoms with E-state index in [1.807, 2.05) is 0 Å². The first-order valence-corrected chi connectivity index (χ1v) is 8.19. The van der Waals surface area contributed by atoms with Gasteiger partial charge in [-0.25, -0.2) is 4.99 Å². The Bertz CT molecular complexity index is 679. The summed E-state index contributed by atoms with van der Waals surface area (Å²) in [6.07, 6.45) is 0. The van der Waals surface area contributed by atoms with Gasteiger partial charge in [-0.1, -0.05) is 0 Å². The van der Waals surface area contributed by atoms with E-state index in [-0.39, 0.29) is 12.6 Å². The number of nitrogens with zero attached hydrogens (tertiary/aromatic N) is 1. The number of carbonyl (C=O) groups is 1. The Labute approximate surface area is 152 Å². The monoisotopic (exact) mass is 366 g/mol. The van der Waals surface area contributed by atoms with E-state index in [1.165, 1.54) is 21.3 Å². The van der Waals surface area contributed by atoms with Crippen LogP contribution in [0.5, 0.6) is 17.2 Å². The summed E-state index contributed by atoms with van der Waals surface area (Å²) in [5, 5.41) is 3.40. The minimum atomic E-state index is -0.602. The van der Waals surface area contributed by atoms with Crippen molar-refractivity contribution >= 4 is 29.0 Å². The number of hydrogen-bond donors (Lipinski definition) is 1. The molecule has 1 N–H and O–H groups in total. The fourth-order valence-corrected chi connectivity index (χ4v) is 3.09. The fourth-order valence-electron chi connectivity index (χ4n) is 2.81. The number of carbonyl (C=O) groups excluding carboxylic acids is 1. The zero-order valence-electron chi connectivity index (χ0n) is 14.9. The average molecular weight is 366 g/mol. The van der Waals surface area contributed by atoms with Gasteiger partial charge in [-0.3, -0.25) is 4.79 Å². The first kappa shape index (κ1) is 19.0. The number of nitrogens with one attached hydrogen (secondary N) is 1. The highest BCUT2D eigenvalue weighted by Gasteiger charge is 2.37. The first-order chi connectivity index (χ1) is 12.0. The molecule has 0 aliphatic carbocycles. The molecule has 2 atom stereocenters. The Morgan fingerprint density at radius 3 is 2.28 bits per heavy atom. The number of methoxy groups -OCH3 is 3. The van der Waals surface area contributed by atoms with Gasteiger partial charge < -0.3 is 24.3 Å². The third kappa shape index (κ3) is 3.84. The molecule has 1 heterocycles. The van der Waals surface area contributed by atoms with Crippen LogP contribution in [0.4, 0.5) is 0 Å². The minimum Gasteiger partial charge on any atom is -0.493 e. The van der Waals surface area contributed by atoms with E-state index in [0.29, 0.717) is 28.1 Å². The van der Waals surface area contributed by atoms with Crippen molar-refractivity contribution in [1.82, 2.24) is 5.32 Å². The van der Waals surface area contributed by atoms with Gasteiger partial charge in [-0.05, 0) is 43.8 Å². The highest BCUT2D eigenvalue weighted by atomic mass is 32.1. The lowest BCUT2D eigenvalue weighted by Gasteiger charge is -2.31. The van der Waals surface area contributed by atoms with Crippen LogP contribution in [0.1, 0.15) is 25.5 Å². The van der Waals surface area contributed by atoms with Crippen LogP contribution < -0.4 is 19.5 Å². The van der Waals surface area contributed by atoms with Gasteiger partial charge in [-0.15, -0.1) is 0 Å². The number of thiocarbonyl (C=S) groups is 1. The van der Waals surface area contributed by atoms with Crippen molar-refractivity contribution in [3.63, 3.8) is 0 Å². The average Bonchev–Trinajstić information content (AvgIpc) is 2.59. The van der Waals surface area contributed by atoms with Gasteiger partial charge in [-0.2, -0.15) is 0 Å². The molecule has 0 radical (unpaired) electrons. The Hall–Kier alpha value is -2.35. The summed E-state index contributed by atoms with van der Waals surface area (Å²) in [7, 11) is 4.61. The van der Waals surface area contributed by atoms with Gasteiger partial charge in [0.05, 0.1) is 34.0 Å². The molecule has 2 rings (SSSR count). The highest BCUT2D eigenvalue weighted by Crippen LogP contribution is 2.41. The van der Waals surface area contributed by atoms with Crippen LogP contribution in [-0.4, -0.2) is 44.7 Å². The molecule has 1 aromatic carbocycles. The van der Waals surface area contributed by atoms with Crippen LogP contribution in [0.3, 0.4) is 0 Å². The van der Waals surface area contributed by atoms with E-state index in [4.69, 9.17) is 31.2 Å². The maximum Gasteiger partial charge on any atom is 0.317 e. The minimum absolute atomic E-state index is 0.287. The smallest absolute Gasteiger partial charge is 0.317 e. The molecule has 0 amide bonds. The number of hydrogen-bond acceptors (Lipinski definition) is 6. The number of benzene rings is 1. The molecule has 0 aromatic heterocycles. The van der Waals surface area contributed by atoms with Gasteiger partial charge in [0, 0.05) is 5.71 Å². The molecule has 2 unspecified atom stereocenters. The SMILES string of the molecule is CCOC(=O)C1C(C)=NC(=S)NC1c1cc(OC)c(OC)c(OC)c1. The van der Waals surface area contributed by atoms with E-state index >= 15 is 0 Å². The lowest BCUT2D eigenvalue weighted by molar-refractivity contribution is -0.146. The zero-order chi connectivity index (χ0) is 18.6. The number of aliphatic imine (C=N–C) groups is 1. The molecule has 7 nitrogen and oxygen atoms in total. The molecule has 0 saturated carbocycles. The number of rotatable bonds is 6. The standard InChI is InChI=1S/C17H22N2O5S/c1-6-24-16(20)13-9(2)18-17(25)19-14(13)10-7-11(21-3)15(23-5)12(8-10)22-4/h7-8,13-14H,6H2,1-5H3,(H,19,25). The van der Waals surface area contributed by atoms with Crippen molar-refractivity contribution in [2.24, 2.45) is 10.9 Å². The molecule has 0 spiro atoms. The summed E-state index contributed by atoms with van der Waals surface area (Å²) in [6, 6.07) is 3.12. The van der Waals surface area contributed by atoms with Crippen LogP contribution in [0.25, 0.3) is 0 Å². The fraction of sp³-hybridized carbons (Fsp3) is 0.471. The van der Waals surface area contributed by atoms with E-state index < -0.39 is 12.0 Å². The summed E-state index contributed by atoms with van der Waals surface area (Å²) >= 11 is 5.20. The van der Waals surface area contributed by atoms with Crippen LogP contribution in [0.2, 0.25) is 0 Å². The Kier molecular flexibility index (Phi) is 6.19. The van der Waals surface area contributed by atoms with Gasteiger partial charge in [0.1, 0.15) is 5.92 Å². The maximum absolute atomic E-state index is 12.5. The van der Waals surface area contributed by atoms with Gasteiger partial charge in [0.15, 0.2) is 16.6 Å². The van der Waals surface area contributed by atoms with Crippen LogP contribution >= 0.6 is 12.2 Å².